The van der Waals surface area contributed by atoms with Crippen LogP contribution in [-0.2, 0) is 0 Å². The highest BCUT2D eigenvalue weighted by Gasteiger charge is 2.26. The fourth-order valence-electron chi connectivity index (χ4n) is 2.10. The van der Waals surface area contributed by atoms with Crippen LogP contribution in [0.5, 0.6) is 0 Å². The largest absolute Gasteiger partial charge is 0.127 e. The van der Waals surface area contributed by atoms with Crippen LogP contribution in [0.15, 0.2) is 6.07 Å². The third-order valence-corrected chi connectivity index (χ3v) is 5.32. The van der Waals surface area contributed by atoms with Crippen LogP contribution in [0.2, 0.25) is 4.34 Å². The third-order valence-electron chi connectivity index (χ3n) is 2.96. The molecule has 1 atom stereocenters. The second-order valence-electron chi connectivity index (χ2n) is 4.05. The predicted molar refractivity (Wildman–Crippen MR) is 64.6 cm³/mol. The first kappa shape index (κ1) is 10.8. The molecule has 0 aliphatic heterocycles. The minimum absolute atomic E-state index is 0.189. The Morgan fingerprint density at radius 1 is 1.43 bits per heavy atom. The molecular formula is C11H14Cl2S. The van der Waals surface area contributed by atoms with Crippen LogP contribution < -0.4 is 0 Å². The summed E-state index contributed by atoms with van der Waals surface area (Å²) < 4.78 is 0.892. The van der Waals surface area contributed by atoms with Crippen molar-refractivity contribution in [2.24, 2.45) is 5.92 Å². The summed E-state index contributed by atoms with van der Waals surface area (Å²) in [5.41, 5.74) is 1.16. The Hall–Kier alpha value is 0.280. The van der Waals surface area contributed by atoms with E-state index in [1.54, 1.807) is 11.3 Å². The molecule has 0 spiro atoms. The lowest BCUT2D eigenvalue weighted by Crippen LogP contribution is -2.01. The zero-order valence-corrected chi connectivity index (χ0v) is 10.6. The van der Waals surface area contributed by atoms with E-state index in [0.29, 0.717) is 5.92 Å². The van der Waals surface area contributed by atoms with Crippen LogP contribution in [0.4, 0.5) is 0 Å². The van der Waals surface area contributed by atoms with Crippen LogP contribution in [0.25, 0.3) is 0 Å². The maximum absolute atomic E-state index is 6.45. The molecule has 0 bridgehead atoms. The molecule has 1 aromatic heterocycles. The quantitative estimate of drug-likeness (QED) is 0.633. The van der Waals surface area contributed by atoms with Gasteiger partial charge < -0.3 is 0 Å². The van der Waals surface area contributed by atoms with Crippen molar-refractivity contribution < 1.29 is 0 Å². The Labute approximate surface area is 99.2 Å². The van der Waals surface area contributed by atoms with Gasteiger partial charge in [-0.05, 0) is 37.3 Å². The molecule has 0 amide bonds. The van der Waals surface area contributed by atoms with Crippen molar-refractivity contribution in [3.63, 3.8) is 0 Å². The molecule has 3 heteroatoms. The van der Waals surface area contributed by atoms with Gasteiger partial charge >= 0.3 is 0 Å². The molecule has 1 heterocycles. The van der Waals surface area contributed by atoms with Gasteiger partial charge in [0.25, 0.3) is 0 Å². The van der Waals surface area contributed by atoms with Crippen molar-refractivity contribution in [1.82, 2.24) is 0 Å². The SMILES string of the molecule is Cc1cc(C(Cl)C2CCCC2)sc1Cl. The summed E-state index contributed by atoms with van der Waals surface area (Å²) in [6, 6.07) is 2.14. The number of thiophene rings is 1. The normalized spacial score (nSPS) is 20.2. The number of hydrogen-bond donors (Lipinski definition) is 0. The fraction of sp³-hybridized carbons (Fsp3) is 0.636. The molecule has 1 aliphatic rings. The molecule has 14 heavy (non-hydrogen) atoms. The average Bonchev–Trinajstić information content (AvgIpc) is 2.76. The molecule has 0 radical (unpaired) electrons. The molecule has 1 unspecified atom stereocenters. The predicted octanol–water partition coefficient (Wildman–Crippen LogP) is 5.18. The molecule has 1 aromatic rings. The Morgan fingerprint density at radius 2 is 2.07 bits per heavy atom. The molecule has 1 saturated carbocycles. The van der Waals surface area contributed by atoms with Gasteiger partial charge in [0, 0.05) is 4.88 Å². The lowest BCUT2D eigenvalue weighted by atomic mass is 10.0. The summed E-state index contributed by atoms with van der Waals surface area (Å²) in [5.74, 6) is 0.672. The first-order chi connectivity index (χ1) is 6.68. The van der Waals surface area contributed by atoms with E-state index in [4.69, 9.17) is 23.2 Å². The van der Waals surface area contributed by atoms with Crippen molar-refractivity contribution in [2.75, 3.05) is 0 Å². The number of hydrogen-bond acceptors (Lipinski definition) is 1. The Bertz CT molecular complexity index is 294. The van der Waals surface area contributed by atoms with Gasteiger partial charge in [-0.2, -0.15) is 0 Å². The van der Waals surface area contributed by atoms with Crippen molar-refractivity contribution in [3.8, 4) is 0 Å². The summed E-state index contributed by atoms with van der Waals surface area (Å²) in [6.45, 7) is 2.04. The zero-order valence-electron chi connectivity index (χ0n) is 8.22. The van der Waals surface area contributed by atoms with Gasteiger partial charge in [-0.1, -0.05) is 24.4 Å². The van der Waals surface area contributed by atoms with Crippen molar-refractivity contribution in [3.05, 3.63) is 20.8 Å². The van der Waals surface area contributed by atoms with E-state index in [9.17, 15) is 0 Å². The first-order valence-electron chi connectivity index (χ1n) is 5.08. The molecule has 0 nitrogen and oxygen atoms in total. The lowest BCUT2D eigenvalue weighted by molar-refractivity contribution is 0.533. The summed E-state index contributed by atoms with van der Waals surface area (Å²) >= 11 is 14.1. The average molecular weight is 249 g/mol. The highest BCUT2D eigenvalue weighted by molar-refractivity contribution is 7.16. The van der Waals surface area contributed by atoms with Crippen molar-refractivity contribution in [2.45, 2.75) is 38.0 Å². The second kappa shape index (κ2) is 4.42. The van der Waals surface area contributed by atoms with E-state index in [2.05, 4.69) is 6.07 Å². The van der Waals surface area contributed by atoms with Gasteiger partial charge in [0.05, 0.1) is 9.71 Å². The molecule has 2 rings (SSSR count). The molecule has 0 aromatic carbocycles. The number of aryl methyl sites for hydroxylation is 1. The summed E-state index contributed by atoms with van der Waals surface area (Å²) in [4.78, 5) is 1.25. The van der Waals surface area contributed by atoms with E-state index < -0.39 is 0 Å². The molecule has 0 saturated heterocycles. The van der Waals surface area contributed by atoms with Crippen molar-refractivity contribution >= 4 is 34.5 Å². The van der Waals surface area contributed by atoms with E-state index in [-0.39, 0.29) is 5.38 Å². The van der Waals surface area contributed by atoms with Crippen LogP contribution in [-0.4, -0.2) is 0 Å². The highest BCUT2D eigenvalue weighted by atomic mass is 35.5. The first-order valence-corrected chi connectivity index (χ1v) is 6.71. The van der Waals surface area contributed by atoms with Crippen LogP contribution in [0, 0.1) is 12.8 Å². The van der Waals surface area contributed by atoms with Gasteiger partial charge in [0.15, 0.2) is 0 Å². The molecule has 78 valence electrons. The minimum Gasteiger partial charge on any atom is -0.127 e. The molecular weight excluding hydrogens is 235 g/mol. The van der Waals surface area contributed by atoms with Crippen LogP contribution >= 0.6 is 34.5 Å². The fourth-order valence-corrected chi connectivity index (χ4v) is 3.84. The van der Waals surface area contributed by atoms with Crippen LogP contribution in [0.3, 0.4) is 0 Å². The van der Waals surface area contributed by atoms with Crippen molar-refractivity contribution in [1.29, 1.82) is 0 Å². The maximum atomic E-state index is 6.45. The summed E-state index contributed by atoms with van der Waals surface area (Å²) in [7, 11) is 0. The smallest absolute Gasteiger partial charge is 0.0960 e. The maximum Gasteiger partial charge on any atom is 0.0960 e. The molecule has 1 fully saturated rings. The van der Waals surface area contributed by atoms with E-state index >= 15 is 0 Å². The van der Waals surface area contributed by atoms with E-state index in [1.165, 1.54) is 30.6 Å². The van der Waals surface area contributed by atoms with Crippen LogP contribution in [0.1, 0.15) is 41.5 Å². The van der Waals surface area contributed by atoms with E-state index in [1.807, 2.05) is 6.92 Å². The topological polar surface area (TPSA) is 0 Å². The van der Waals surface area contributed by atoms with Gasteiger partial charge in [-0.15, -0.1) is 22.9 Å². The molecule has 0 N–H and O–H groups in total. The highest BCUT2D eigenvalue weighted by Crippen LogP contribution is 2.43. The third kappa shape index (κ3) is 2.10. The van der Waals surface area contributed by atoms with Gasteiger partial charge in [-0.25, -0.2) is 0 Å². The standard InChI is InChI=1S/C11H14Cl2S/c1-7-6-9(14-11(7)13)10(12)8-4-2-3-5-8/h6,8,10H,2-5H2,1H3. The zero-order chi connectivity index (χ0) is 10.1. The number of alkyl halides is 1. The lowest BCUT2D eigenvalue weighted by Gasteiger charge is -2.14. The molecule has 1 aliphatic carbocycles. The number of halogens is 2. The Morgan fingerprint density at radius 3 is 2.57 bits per heavy atom. The van der Waals surface area contributed by atoms with Gasteiger partial charge in [-0.3, -0.25) is 0 Å². The minimum atomic E-state index is 0.189. The summed E-state index contributed by atoms with van der Waals surface area (Å²) in [6.07, 6.45) is 5.24. The van der Waals surface area contributed by atoms with E-state index in [0.717, 1.165) is 9.90 Å². The second-order valence-corrected chi connectivity index (χ2v) is 6.21. The number of rotatable bonds is 2. The Kier molecular flexibility index (Phi) is 3.41. The Balaban J connectivity index is 2.13. The summed E-state index contributed by atoms with van der Waals surface area (Å²) in [5, 5.41) is 0.189. The van der Waals surface area contributed by atoms with Gasteiger partial charge in [0.1, 0.15) is 0 Å². The van der Waals surface area contributed by atoms with Gasteiger partial charge in [0.2, 0.25) is 0 Å². The monoisotopic (exact) mass is 248 g/mol.